The summed E-state index contributed by atoms with van der Waals surface area (Å²) in [6.07, 6.45) is 0. The molecular formula is C15H20N2O3. The van der Waals surface area contributed by atoms with Gasteiger partial charge in [0.15, 0.2) is 0 Å². The average molecular weight is 276 g/mol. The molecule has 0 aliphatic carbocycles. The van der Waals surface area contributed by atoms with E-state index in [9.17, 15) is 0 Å². The van der Waals surface area contributed by atoms with Gasteiger partial charge in [-0.25, -0.2) is 0 Å². The van der Waals surface area contributed by atoms with E-state index in [1.54, 1.807) is 7.11 Å². The molecular weight excluding hydrogens is 256 g/mol. The molecule has 1 atom stereocenters. The van der Waals surface area contributed by atoms with Crippen molar-refractivity contribution in [2.24, 2.45) is 5.73 Å². The smallest absolute Gasteiger partial charge is 0.140 e. The Morgan fingerprint density at radius 3 is 2.65 bits per heavy atom. The summed E-state index contributed by atoms with van der Waals surface area (Å²) >= 11 is 0. The summed E-state index contributed by atoms with van der Waals surface area (Å²) in [6.45, 7) is 6.09. The Morgan fingerprint density at radius 1 is 1.35 bits per heavy atom. The number of benzene rings is 1. The number of hydrogen-bond donors (Lipinski definition) is 1. The van der Waals surface area contributed by atoms with Crippen molar-refractivity contribution in [1.29, 1.82) is 0 Å². The zero-order valence-corrected chi connectivity index (χ0v) is 12.3. The first kappa shape index (κ1) is 14.4. The van der Waals surface area contributed by atoms with E-state index in [4.69, 9.17) is 19.7 Å². The molecule has 108 valence electrons. The van der Waals surface area contributed by atoms with Gasteiger partial charge in [-0.15, -0.1) is 0 Å². The molecule has 0 radical (unpaired) electrons. The highest BCUT2D eigenvalue weighted by molar-refractivity contribution is 5.42. The van der Waals surface area contributed by atoms with Gasteiger partial charge in [0.2, 0.25) is 0 Å². The Balaban J connectivity index is 2.23. The van der Waals surface area contributed by atoms with Crippen LogP contribution in [0.5, 0.6) is 11.5 Å². The van der Waals surface area contributed by atoms with Crippen molar-refractivity contribution in [3.8, 4) is 11.5 Å². The van der Waals surface area contributed by atoms with Gasteiger partial charge in [-0.3, -0.25) is 0 Å². The van der Waals surface area contributed by atoms with Crippen molar-refractivity contribution >= 4 is 0 Å². The number of rotatable bonds is 5. The van der Waals surface area contributed by atoms with E-state index in [2.05, 4.69) is 5.16 Å². The van der Waals surface area contributed by atoms with E-state index >= 15 is 0 Å². The Hall–Kier alpha value is -2.01. The largest absolute Gasteiger partial charge is 0.497 e. The van der Waals surface area contributed by atoms with Gasteiger partial charge in [0, 0.05) is 17.7 Å². The number of ether oxygens (including phenoxy) is 2. The summed E-state index contributed by atoms with van der Waals surface area (Å²) in [4.78, 5) is 0. The Labute approximate surface area is 118 Å². The van der Waals surface area contributed by atoms with Gasteiger partial charge >= 0.3 is 0 Å². The summed E-state index contributed by atoms with van der Waals surface area (Å²) in [5, 5.41) is 3.92. The number of nitrogens with zero attached hydrogens (tertiary/aromatic N) is 1. The van der Waals surface area contributed by atoms with Crippen LogP contribution in [0.4, 0.5) is 0 Å². The first-order valence-electron chi connectivity index (χ1n) is 6.51. The van der Waals surface area contributed by atoms with Crippen LogP contribution < -0.4 is 15.2 Å². The molecule has 1 heterocycles. The lowest BCUT2D eigenvalue weighted by atomic mass is 10.1. The molecule has 0 fully saturated rings. The fourth-order valence-corrected chi connectivity index (χ4v) is 2.00. The average Bonchev–Trinajstić information content (AvgIpc) is 2.75. The van der Waals surface area contributed by atoms with Crippen LogP contribution in [-0.4, -0.2) is 12.3 Å². The first-order chi connectivity index (χ1) is 9.52. The predicted octanol–water partition coefficient (Wildman–Crippen LogP) is 2.90. The summed E-state index contributed by atoms with van der Waals surface area (Å²) in [5.41, 5.74) is 8.71. The van der Waals surface area contributed by atoms with Gasteiger partial charge in [-0.1, -0.05) is 11.2 Å². The van der Waals surface area contributed by atoms with Gasteiger partial charge < -0.3 is 19.7 Å². The highest BCUT2D eigenvalue weighted by atomic mass is 16.5. The van der Waals surface area contributed by atoms with Crippen molar-refractivity contribution in [3.05, 3.63) is 40.8 Å². The molecule has 0 spiro atoms. The minimum absolute atomic E-state index is 0.111. The quantitative estimate of drug-likeness (QED) is 0.909. The summed E-state index contributed by atoms with van der Waals surface area (Å²) in [7, 11) is 1.62. The summed E-state index contributed by atoms with van der Waals surface area (Å²) in [5.74, 6) is 2.23. The first-order valence-corrected chi connectivity index (χ1v) is 6.51. The fraction of sp³-hybridized carbons (Fsp3) is 0.400. The number of aryl methyl sites for hydroxylation is 2. The van der Waals surface area contributed by atoms with Crippen LogP contribution in [0.2, 0.25) is 0 Å². The minimum Gasteiger partial charge on any atom is -0.497 e. The molecule has 0 aliphatic rings. The molecule has 5 heteroatoms. The van der Waals surface area contributed by atoms with Gasteiger partial charge in [0.05, 0.1) is 18.4 Å². The summed E-state index contributed by atoms with van der Waals surface area (Å²) < 4.78 is 16.2. The third kappa shape index (κ3) is 2.93. The third-order valence-corrected chi connectivity index (χ3v) is 3.26. The monoisotopic (exact) mass is 276 g/mol. The SMILES string of the molecule is COc1ccc([C@H](C)N)c(OCc2c(C)noc2C)c1. The lowest BCUT2D eigenvalue weighted by Gasteiger charge is -2.15. The lowest BCUT2D eigenvalue weighted by molar-refractivity contribution is 0.295. The molecule has 0 saturated heterocycles. The molecule has 0 aliphatic heterocycles. The standard InChI is InChI=1S/C15H20N2O3/c1-9(16)13-6-5-12(18-4)7-15(13)19-8-14-10(2)17-20-11(14)3/h5-7,9H,8,16H2,1-4H3/t9-/m0/s1. The maximum atomic E-state index is 5.96. The second-order valence-corrected chi connectivity index (χ2v) is 4.78. The second-order valence-electron chi connectivity index (χ2n) is 4.78. The van der Waals surface area contributed by atoms with E-state index in [0.717, 1.165) is 34.1 Å². The highest BCUT2D eigenvalue weighted by Gasteiger charge is 2.13. The van der Waals surface area contributed by atoms with Crippen molar-refractivity contribution in [2.45, 2.75) is 33.4 Å². The van der Waals surface area contributed by atoms with Gasteiger partial charge in [-0.2, -0.15) is 0 Å². The number of aromatic nitrogens is 1. The number of nitrogens with two attached hydrogens (primary N) is 1. The molecule has 0 saturated carbocycles. The van der Waals surface area contributed by atoms with Crippen molar-refractivity contribution < 1.29 is 14.0 Å². The predicted molar refractivity (Wildman–Crippen MR) is 75.9 cm³/mol. The Bertz CT molecular complexity index is 571. The topological polar surface area (TPSA) is 70.5 Å². The molecule has 2 N–H and O–H groups in total. The van der Waals surface area contributed by atoms with Crippen LogP contribution in [0.3, 0.4) is 0 Å². The Morgan fingerprint density at radius 2 is 2.10 bits per heavy atom. The van der Waals surface area contributed by atoms with Crippen molar-refractivity contribution in [2.75, 3.05) is 7.11 Å². The normalized spacial score (nSPS) is 12.2. The molecule has 5 nitrogen and oxygen atoms in total. The number of hydrogen-bond acceptors (Lipinski definition) is 5. The van der Waals surface area contributed by atoms with Gasteiger partial charge in [0.1, 0.15) is 23.9 Å². The maximum Gasteiger partial charge on any atom is 0.140 e. The molecule has 0 unspecified atom stereocenters. The minimum atomic E-state index is -0.111. The van der Waals surface area contributed by atoms with E-state index in [1.807, 2.05) is 39.0 Å². The van der Waals surface area contributed by atoms with Crippen molar-refractivity contribution in [1.82, 2.24) is 5.16 Å². The van der Waals surface area contributed by atoms with Crippen LogP contribution in [0.25, 0.3) is 0 Å². The summed E-state index contributed by atoms with van der Waals surface area (Å²) in [6, 6.07) is 5.53. The van der Waals surface area contributed by atoms with E-state index in [0.29, 0.717) is 6.61 Å². The van der Waals surface area contributed by atoms with Gasteiger partial charge in [0.25, 0.3) is 0 Å². The maximum absolute atomic E-state index is 5.96. The molecule has 0 bridgehead atoms. The lowest BCUT2D eigenvalue weighted by Crippen LogP contribution is -2.08. The third-order valence-electron chi connectivity index (χ3n) is 3.26. The van der Waals surface area contributed by atoms with Crippen LogP contribution >= 0.6 is 0 Å². The highest BCUT2D eigenvalue weighted by Crippen LogP contribution is 2.29. The van der Waals surface area contributed by atoms with Crippen LogP contribution in [-0.2, 0) is 6.61 Å². The molecule has 1 aromatic carbocycles. The van der Waals surface area contributed by atoms with E-state index < -0.39 is 0 Å². The van der Waals surface area contributed by atoms with Crippen LogP contribution in [0.15, 0.2) is 22.7 Å². The molecule has 1 aromatic heterocycles. The zero-order chi connectivity index (χ0) is 14.7. The second kappa shape index (κ2) is 5.96. The fourth-order valence-electron chi connectivity index (χ4n) is 2.00. The molecule has 20 heavy (non-hydrogen) atoms. The molecule has 0 amide bonds. The molecule has 2 rings (SSSR count). The molecule has 2 aromatic rings. The van der Waals surface area contributed by atoms with Crippen molar-refractivity contribution in [3.63, 3.8) is 0 Å². The van der Waals surface area contributed by atoms with Crippen LogP contribution in [0.1, 0.15) is 35.5 Å². The van der Waals surface area contributed by atoms with E-state index in [1.165, 1.54) is 0 Å². The number of methoxy groups -OCH3 is 1. The Kier molecular flexibility index (Phi) is 4.29. The van der Waals surface area contributed by atoms with Crippen LogP contribution in [0, 0.1) is 13.8 Å². The van der Waals surface area contributed by atoms with Gasteiger partial charge in [-0.05, 0) is 26.8 Å². The zero-order valence-electron chi connectivity index (χ0n) is 12.3. The van der Waals surface area contributed by atoms with E-state index in [-0.39, 0.29) is 6.04 Å².